The van der Waals surface area contributed by atoms with Crippen LogP contribution < -0.4 is 0 Å². The number of benzene rings is 2. The van der Waals surface area contributed by atoms with Crippen LogP contribution in [0.5, 0.6) is 0 Å². The van der Waals surface area contributed by atoms with Crippen molar-refractivity contribution in [3.8, 4) is 11.4 Å². The highest BCUT2D eigenvalue weighted by Crippen LogP contribution is 2.24. The summed E-state index contributed by atoms with van der Waals surface area (Å²) in [4.78, 5) is 12.3. The lowest BCUT2D eigenvalue weighted by atomic mass is 10.1. The quantitative estimate of drug-likeness (QED) is 0.516. The van der Waals surface area contributed by atoms with Gasteiger partial charge in [0, 0.05) is 18.2 Å². The van der Waals surface area contributed by atoms with Gasteiger partial charge in [0.25, 0.3) is 0 Å². The summed E-state index contributed by atoms with van der Waals surface area (Å²) < 4.78 is 1.89. The summed E-state index contributed by atoms with van der Waals surface area (Å²) in [6.45, 7) is 0. The minimum absolute atomic E-state index is 0.0233. The van der Waals surface area contributed by atoms with E-state index < -0.39 is 0 Å². The number of ketones is 1. The van der Waals surface area contributed by atoms with Gasteiger partial charge in [-0.1, -0.05) is 65.8 Å². The molecule has 4 nitrogen and oxygen atoms in total. The van der Waals surface area contributed by atoms with Gasteiger partial charge in [0.2, 0.25) is 0 Å². The van der Waals surface area contributed by atoms with Gasteiger partial charge in [-0.2, -0.15) is 0 Å². The number of thioether (sulfide) groups is 1. The third-order valence-electron chi connectivity index (χ3n) is 3.37. The van der Waals surface area contributed by atoms with Gasteiger partial charge in [0.15, 0.2) is 16.8 Å². The predicted molar refractivity (Wildman–Crippen MR) is 92.9 cm³/mol. The predicted octanol–water partition coefficient (Wildman–Crippen LogP) is 4.11. The van der Waals surface area contributed by atoms with Crippen LogP contribution in [0.1, 0.15) is 10.4 Å². The molecule has 3 aromatic rings. The molecule has 0 fully saturated rings. The van der Waals surface area contributed by atoms with Gasteiger partial charge in [0.1, 0.15) is 0 Å². The molecule has 23 heavy (non-hydrogen) atoms. The molecular weight excluding hydrogens is 330 g/mol. The molecule has 1 heterocycles. The molecule has 0 radical (unpaired) electrons. The summed E-state index contributed by atoms with van der Waals surface area (Å²) >= 11 is 7.41. The molecule has 0 amide bonds. The van der Waals surface area contributed by atoms with Crippen molar-refractivity contribution in [1.82, 2.24) is 14.8 Å². The number of rotatable bonds is 5. The van der Waals surface area contributed by atoms with Crippen LogP contribution in [0.3, 0.4) is 0 Å². The van der Waals surface area contributed by atoms with Crippen LogP contribution in [0.25, 0.3) is 11.4 Å². The van der Waals surface area contributed by atoms with Crippen LogP contribution in [0.15, 0.2) is 59.8 Å². The maximum atomic E-state index is 12.3. The Morgan fingerprint density at radius 2 is 1.78 bits per heavy atom. The second-order valence-corrected chi connectivity index (χ2v) is 6.27. The summed E-state index contributed by atoms with van der Waals surface area (Å²) in [6.07, 6.45) is 0. The van der Waals surface area contributed by atoms with E-state index in [4.69, 9.17) is 11.6 Å². The first kappa shape index (κ1) is 15.8. The van der Waals surface area contributed by atoms with Crippen LogP contribution in [-0.2, 0) is 7.05 Å². The summed E-state index contributed by atoms with van der Waals surface area (Å²) in [5.41, 5.74) is 1.53. The maximum Gasteiger partial charge on any atom is 0.191 e. The van der Waals surface area contributed by atoms with E-state index in [0.717, 1.165) is 11.4 Å². The molecule has 0 saturated carbocycles. The van der Waals surface area contributed by atoms with Crippen LogP contribution in [0.2, 0.25) is 5.02 Å². The number of halogens is 1. The first-order valence-electron chi connectivity index (χ1n) is 7.02. The Bertz CT molecular complexity index is 833. The molecule has 0 atom stereocenters. The van der Waals surface area contributed by atoms with Crippen molar-refractivity contribution >= 4 is 29.1 Å². The Kier molecular flexibility index (Phi) is 4.79. The lowest BCUT2D eigenvalue weighted by Gasteiger charge is -2.04. The normalized spacial score (nSPS) is 10.7. The summed E-state index contributed by atoms with van der Waals surface area (Å²) in [6, 6.07) is 16.9. The molecule has 116 valence electrons. The Balaban J connectivity index is 1.74. The van der Waals surface area contributed by atoms with Gasteiger partial charge in [-0.05, 0) is 12.1 Å². The number of hydrogen-bond acceptors (Lipinski definition) is 4. The van der Waals surface area contributed by atoms with Gasteiger partial charge in [-0.3, -0.25) is 4.79 Å². The second-order valence-electron chi connectivity index (χ2n) is 4.92. The van der Waals surface area contributed by atoms with Crippen LogP contribution >= 0.6 is 23.4 Å². The molecule has 1 aromatic heterocycles. The van der Waals surface area contributed by atoms with Crippen molar-refractivity contribution in [2.24, 2.45) is 7.05 Å². The minimum Gasteiger partial charge on any atom is -0.305 e. The maximum absolute atomic E-state index is 12.3. The average Bonchev–Trinajstić information content (AvgIpc) is 2.94. The molecule has 0 N–H and O–H groups in total. The molecule has 0 unspecified atom stereocenters. The number of carbonyl (C=O) groups excluding carboxylic acids is 1. The lowest BCUT2D eigenvalue weighted by molar-refractivity contribution is 0.102. The largest absolute Gasteiger partial charge is 0.305 e. The molecule has 3 rings (SSSR count). The van der Waals surface area contributed by atoms with Crippen molar-refractivity contribution in [2.75, 3.05) is 5.75 Å². The fraction of sp³-hybridized carbons (Fsp3) is 0.118. The van der Waals surface area contributed by atoms with E-state index in [1.54, 1.807) is 24.3 Å². The Morgan fingerprint density at radius 1 is 1.09 bits per heavy atom. The molecule has 6 heteroatoms. The van der Waals surface area contributed by atoms with Crippen molar-refractivity contribution in [3.05, 3.63) is 65.2 Å². The summed E-state index contributed by atoms with van der Waals surface area (Å²) in [7, 11) is 1.89. The van der Waals surface area contributed by atoms with Crippen LogP contribution in [0, 0.1) is 0 Å². The van der Waals surface area contributed by atoms with Crippen LogP contribution in [-0.4, -0.2) is 26.3 Å². The highest BCUT2D eigenvalue weighted by atomic mass is 35.5. The minimum atomic E-state index is -0.0233. The first-order valence-corrected chi connectivity index (χ1v) is 8.38. The summed E-state index contributed by atoms with van der Waals surface area (Å²) in [5, 5.41) is 9.55. The van der Waals surface area contributed by atoms with E-state index in [1.165, 1.54) is 11.8 Å². The van der Waals surface area contributed by atoms with Gasteiger partial charge in [-0.15, -0.1) is 10.2 Å². The number of Topliss-reactive ketones (excluding diaryl/α,β-unsaturated/α-hetero) is 1. The van der Waals surface area contributed by atoms with E-state index >= 15 is 0 Å². The van der Waals surface area contributed by atoms with E-state index in [9.17, 15) is 4.79 Å². The molecule has 0 aliphatic rings. The molecule has 0 spiro atoms. The first-order chi connectivity index (χ1) is 11.2. The van der Waals surface area contributed by atoms with E-state index in [0.29, 0.717) is 15.7 Å². The topological polar surface area (TPSA) is 47.8 Å². The molecular formula is C17H14ClN3OS. The zero-order valence-corrected chi connectivity index (χ0v) is 14.0. The van der Waals surface area contributed by atoms with Crippen molar-refractivity contribution in [3.63, 3.8) is 0 Å². The average molecular weight is 344 g/mol. The van der Waals surface area contributed by atoms with E-state index in [1.807, 2.05) is 41.9 Å². The fourth-order valence-electron chi connectivity index (χ4n) is 2.17. The van der Waals surface area contributed by atoms with Gasteiger partial charge in [0.05, 0.1) is 10.8 Å². The smallest absolute Gasteiger partial charge is 0.191 e. The van der Waals surface area contributed by atoms with Crippen molar-refractivity contribution in [2.45, 2.75) is 5.16 Å². The molecule has 0 aliphatic carbocycles. The standard InChI is InChI=1S/C17H14ClN3OS/c1-21-16(12-7-3-2-4-8-12)19-20-17(21)23-11-15(22)13-9-5-6-10-14(13)18/h2-10H,11H2,1H3. The SMILES string of the molecule is Cn1c(SCC(=O)c2ccccc2Cl)nnc1-c1ccccc1. The highest BCUT2D eigenvalue weighted by Gasteiger charge is 2.14. The third kappa shape index (κ3) is 3.46. The third-order valence-corrected chi connectivity index (χ3v) is 4.72. The number of hydrogen-bond donors (Lipinski definition) is 0. The lowest BCUT2D eigenvalue weighted by Crippen LogP contribution is -2.04. The van der Waals surface area contributed by atoms with Gasteiger partial charge >= 0.3 is 0 Å². The number of carbonyl (C=O) groups is 1. The van der Waals surface area contributed by atoms with Gasteiger partial charge in [-0.25, -0.2) is 0 Å². The fourth-order valence-corrected chi connectivity index (χ4v) is 3.21. The second kappa shape index (κ2) is 6.98. The highest BCUT2D eigenvalue weighted by molar-refractivity contribution is 7.99. The zero-order valence-electron chi connectivity index (χ0n) is 12.4. The Hall–Kier alpha value is -2.11. The number of aromatic nitrogens is 3. The van der Waals surface area contributed by atoms with Gasteiger partial charge < -0.3 is 4.57 Å². The van der Waals surface area contributed by atoms with Crippen molar-refractivity contribution in [1.29, 1.82) is 0 Å². The molecule has 0 bridgehead atoms. The van der Waals surface area contributed by atoms with E-state index in [-0.39, 0.29) is 11.5 Å². The monoisotopic (exact) mass is 343 g/mol. The molecule has 2 aromatic carbocycles. The molecule has 0 saturated heterocycles. The van der Waals surface area contributed by atoms with Crippen LogP contribution in [0.4, 0.5) is 0 Å². The number of nitrogens with zero attached hydrogens (tertiary/aromatic N) is 3. The summed E-state index contributed by atoms with van der Waals surface area (Å²) in [5.74, 6) is 1.02. The van der Waals surface area contributed by atoms with E-state index in [2.05, 4.69) is 10.2 Å². The molecule has 0 aliphatic heterocycles. The van der Waals surface area contributed by atoms with Crippen molar-refractivity contribution < 1.29 is 4.79 Å². The Morgan fingerprint density at radius 3 is 2.52 bits per heavy atom. The zero-order chi connectivity index (χ0) is 16.2. The Labute approximate surface area is 143 Å².